The van der Waals surface area contributed by atoms with E-state index in [9.17, 15) is 4.79 Å². The van der Waals surface area contributed by atoms with Crippen molar-refractivity contribution in [1.29, 1.82) is 0 Å². The number of hydrogen-bond donors (Lipinski definition) is 0. The predicted octanol–water partition coefficient (Wildman–Crippen LogP) is 1.51. The van der Waals surface area contributed by atoms with E-state index in [0.29, 0.717) is 18.0 Å². The molecule has 3 heteroatoms. The highest BCUT2D eigenvalue weighted by Gasteiger charge is 2.32. The molecule has 0 saturated carbocycles. The van der Waals surface area contributed by atoms with Crippen LogP contribution in [0.3, 0.4) is 0 Å². The van der Waals surface area contributed by atoms with E-state index in [0.717, 1.165) is 11.3 Å². The van der Waals surface area contributed by atoms with Crippen molar-refractivity contribution >= 4 is 6.29 Å². The van der Waals surface area contributed by atoms with E-state index >= 15 is 0 Å². The van der Waals surface area contributed by atoms with Gasteiger partial charge in [-0.15, -0.1) is 0 Å². The molecule has 1 aliphatic rings. The van der Waals surface area contributed by atoms with Crippen molar-refractivity contribution in [3.8, 4) is 11.7 Å². The van der Waals surface area contributed by atoms with Crippen molar-refractivity contribution in [1.82, 2.24) is 0 Å². The number of carbonyl (C=O) groups is 1. The van der Waals surface area contributed by atoms with Gasteiger partial charge in [0.05, 0.1) is 0 Å². The fraction of sp³-hybridized carbons (Fsp3) is 0.167. The van der Waals surface area contributed by atoms with Crippen LogP contribution < -0.4 is 4.74 Å². The molecule has 1 aromatic rings. The van der Waals surface area contributed by atoms with Crippen molar-refractivity contribution in [3.63, 3.8) is 0 Å². The zero-order valence-electron chi connectivity index (χ0n) is 4.80. The van der Waals surface area contributed by atoms with Gasteiger partial charge in [0.25, 0.3) is 0 Å². The summed E-state index contributed by atoms with van der Waals surface area (Å²) in [5, 5.41) is 0. The minimum absolute atomic E-state index is 0.381. The smallest absolute Gasteiger partial charge is 0.336 e. The zero-order valence-corrected chi connectivity index (χ0v) is 4.80. The van der Waals surface area contributed by atoms with Crippen LogP contribution >= 0.6 is 0 Å². The Hall–Kier alpha value is -1.25. The third-order valence-electron chi connectivity index (χ3n) is 1.36. The van der Waals surface area contributed by atoms with E-state index < -0.39 is 0 Å². The van der Waals surface area contributed by atoms with E-state index in [4.69, 9.17) is 9.15 Å². The van der Waals surface area contributed by atoms with Gasteiger partial charge in [0.2, 0.25) is 5.75 Å². The molecule has 0 spiro atoms. The van der Waals surface area contributed by atoms with Gasteiger partial charge in [0.1, 0.15) is 0 Å². The number of fused-ring (bicyclic) bond motifs is 1. The molecule has 9 heavy (non-hydrogen) atoms. The van der Waals surface area contributed by atoms with Crippen molar-refractivity contribution in [2.24, 2.45) is 0 Å². The maximum absolute atomic E-state index is 10.1. The monoisotopic (exact) mass is 124 g/mol. The molecule has 0 fully saturated rings. The van der Waals surface area contributed by atoms with Crippen LogP contribution in [0.4, 0.5) is 0 Å². The minimum atomic E-state index is 0.381. The molecule has 1 aliphatic heterocycles. The molecule has 0 aromatic carbocycles. The molecule has 0 saturated heterocycles. The number of carbonyl (C=O) groups excluding carboxylic acids is 1. The van der Waals surface area contributed by atoms with Gasteiger partial charge in [0, 0.05) is 5.56 Å². The lowest BCUT2D eigenvalue weighted by Gasteiger charge is -1.84. The van der Waals surface area contributed by atoms with Crippen LogP contribution in [-0.2, 0) is 0 Å². The molecule has 1 aromatic heterocycles. The Bertz CT molecular complexity index is 272. The van der Waals surface area contributed by atoms with Crippen LogP contribution in [0.15, 0.2) is 4.42 Å². The van der Waals surface area contributed by atoms with Gasteiger partial charge in [0.15, 0.2) is 12.0 Å². The van der Waals surface area contributed by atoms with E-state index in [1.54, 1.807) is 6.92 Å². The van der Waals surface area contributed by atoms with E-state index in [1.807, 2.05) is 0 Å². The maximum Gasteiger partial charge on any atom is 0.336 e. The van der Waals surface area contributed by atoms with Crippen molar-refractivity contribution in [3.05, 3.63) is 11.3 Å². The summed E-state index contributed by atoms with van der Waals surface area (Å²) in [7, 11) is 0. The second-order valence-electron chi connectivity index (χ2n) is 1.93. The molecular weight excluding hydrogens is 120 g/mol. The second-order valence-corrected chi connectivity index (χ2v) is 1.93. The number of ether oxygens (including phenoxy) is 1. The molecule has 0 N–H and O–H groups in total. The molecule has 0 radical (unpaired) electrons. The zero-order chi connectivity index (χ0) is 6.43. The first-order chi connectivity index (χ1) is 4.33. The lowest BCUT2D eigenvalue weighted by Crippen LogP contribution is -1.78. The lowest BCUT2D eigenvalue weighted by molar-refractivity contribution is 0.109. The van der Waals surface area contributed by atoms with Crippen molar-refractivity contribution < 1.29 is 13.9 Å². The van der Waals surface area contributed by atoms with Gasteiger partial charge >= 0.3 is 5.95 Å². The van der Waals surface area contributed by atoms with Gasteiger partial charge in [-0.3, -0.25) is 4.79 Å². The summed E-state index contributed by atoms with van der Waals surface area (Å²) in [6.45, 7) is 1.79. The average molecular weight is 124 g/mol. The second kappa shape index (κ2) is 1.18. The summed E-state index contributed by atoms with van der Waals surface area (Å²) in [6, 6.07) is 0. The summed E-state index contributed by atoms with van der Waals surface area (Å²) in [5.74, 6) is 1.61. The number of hydrogen-bond acceptors (Lipinski definition) is 3. The normalized spacial score (nSPS) is 12.1. The Morgan fingerprint density at radius 2 is 2.33 bits per heavy atom. The third-order valence-corrected chi connectivity index (χ3v) is 1.36. The fourth-order valence-electron chi connectivity index (χ4n) is 0.765. The van der Waals surface area contributed by atoms with Gasteiger partial charge < -0.3 is 9.15 Å². The summed E-state index contributed by atoms with van der Waals surface area (Å²) < 4.78 is 9.66. The summed E-state index contributed by atoms with van der Waals surface area (Å²) in [4.78, 5) is 10.1. The largest absolute Gasteiger partial charge is 0.419 e. The molecule has 0 atom stereocenters. The Labute approximate surface area is 51.2 Å². The first-order valence-electron chi connectivity index (χ1n) is 2.59. The van der Waals surface area contributed by atoms with Gasteiger partial charge in [-0.2, -0.15) is 0 Å². The first-order valence-corrected chi connectivity index (χ1v) is 2.59. The number of aldehydes is 1. The number of rotatable bonds is 1. The SMILES string of the molecule is Cc1c(C=O)oc2c1O2. The van der Waals surface area contributed by atoms with Crippen LogP contribution in [0.1, 0.15) is 16.1 Å². The molecule has 2 rings (SSSR count). The predicted molar refractivity (Wildman–Crippen MR) is 28.9 cm³/mol. The quantitative estimate of drug-likeness (QED) is 0.427. The third kappa shape index (κ3) is 0.433. The fourth-order valence-corrected chi connectivity index (χ4v) is 0.765. The van der Waals surface area contributed by atoms with Crippen LogP contribution in [0.2, 0.25) is 0 Å². The van der Waals surface area contributed by atoms with Gasteiger partial charge in [-0.1, -0.05) is 0 Å². The van der Waals surface area contributed by atoms with Gasteiger partial charge in [-0.05, 0) is 6.92 Å². The molecule has 3 nitrogen and oxygen atoms in total. The molecule has 2 heterocycles. The Morgan fingerprint density at radius 3 is 2.67 bits per heavy atom. The average Bonchev–Trinajstić information content (AvgIpc) is 2.55. The van der Waals surface area contributed by atoms with Gasteiger partial charge in [-0.25, -0.2) is 0 Å². The van der Waals surface area contributed by atoms with Crippen molar-refractivity contribution in [2.45, 2.75) is 6.92 Å². The van der Waals surface area contributed by atoms with E-state index in [1.165, 1.54) is 0 Å². The van der Waals surface area contributed by atoms with E-state index in [-0.39, 0.29) is 0 Å². The summed E-state index contributed by atoms with van der Waals surface area (Å²) >= 11 is 0. The Kier molecular flexibility index (Phi) is 0.605. The van der Waals surface area contributed by atoms with E-state index in [2.05, 4.69) is 0 Å². The summed E-state index contributed by atoms with van der Waals surface area (Å²) in [5.41, 5.74) is 0.806. The standard InChI is InChI=1S/C6H4O3/c1-3-4(2-7)8-6-5(3)9-6/h2H,1H3. The molecule has 0 aliphatic carbocycles. The minimum Gasteiger partial charge on any atom is -0.419 e. The highest BCUT2D eigenvalue weighted by molar-refractivity contribution is 5.77. The molecule has 0 bridgehead atoms. The van der Waals surface area contributed by atoms with Crippen molar-refractivity contribution in [2.75, 3.05) is 0 Å². The Morgan fingerprint density at radius 1 is 1.56 bits per heavy atom. The maximum atomic E-state index is 10.1. The molecule has 0 amide bonds. The van der Waals surface area contributed by atoms with Crippen LogP contribution in [0.5, 0.6) is 11.7 Å². The first kappa shape index (κ1) is 4.61. The lowest BCUT2D eigenvalue weighted by atomic mass is 10.3. The topological polar surface area (TPSA) is 42.7 Å². The molecule has 0 unspecified atom stereocenters. The van der Waals surface area contributed by atoms with Crippen LogP contribution in [-0.4, -0.2) is 6.29 Å². The van der Waals surface area contributed by atoms with Crippen LogP contribution in [0.25, 0.3) is 0 Å². The Balaban J connectivity index is 2.62. The molecule has 46 valence electrons. The highest BCUT2D eigenvalue weighted by Crippen LogP contribution is 2.51. The number of furan rings is 1. The van der Waals surface area contributed by atoms with Crippen LogP contribution in [0, 0.1) is 6.92 Å². The highest BCUT2D eigenvalue weighted by atomic mass is 16.7. The molecular formula is C6H4O3. The summed E-state index contributed by atoms with van der Waals surface area (Å²) in [6.07, 6.45) is 0.685.